The van der Waals surface area contributed by atoms with Crippen LogP contribution in [0.4, 0.5) is 13.2 Å². The van der Waals surface area contributed by atoms with E-state index in [0.717, 1.165) is 11.4 Å². The van der Waals surface area contributed by atoms with Crippen molar-refractivity contribution < 1.29 is 26.4 Å². The number of nitrogens with one attached hydrogen (secondary N) is 1. The number of carbonyl (C=O) groups is 1. The van der Waals surface area contributed by atoms with Crippen LogP contribution in [0, 0.1) is 0 Å². The van der Waals surface area contributed by atoms with Crippen molar-refractivity contribution >= 4 is 37.0 Å². The lowest BCUT2D eigenvalue weighted by Gasteiger charge is -2.20. The lowest BCUT2D eigenvalue weighted by atomic mass is 10.2. The van der Waals surface area contributed by atoms with Crippen LogP contribution in [0.3, 0.4) is 0 Å². The number of thiophene rings is 1. The van der Waals surface area contributed by atoms with Crippen LogP contribution in [-0.2, 0) is 9.05 Å². The van der Waals surface area contributed by atoms with Crippen LogP contribution in [0.15, 0.2) is 15.7 Å². The Morgan fingerprint density at radius 1 is 1.42 bits per heavy atom. The molecule has 19 heavy (non-hydrogen) atoms. The molecule has 0 bridgehead atoms. The molecule has 0 atom stereocenters. The molecule has 0 unspecified atom stereocenters. The van der Waals surface area contributed by atoms with E-state index >= 15 is 0 Å². The van der Waals surface area contributed by atoms with Gasteiger partial charge in [0.05, 0.1) is 5.56 Å². The predicted molar refractivity (Wildman–Crippen MR) is 62.8 cm³/mol. The summed E-state index contributed by atoms with van der Waals surface area (Å²) in [5, 5.41) is 3.04. The molecule has 1 N–H and O–H groups in total. The van der Waals surface area contributed by atoms with E-state index in [-0.39, 0.29) is 22.6 Å². The minimum atomic E-state index is -4.51. The predicted octanol–water partition coefficient (Wildman–Crippen LogP) is 2.50. The Labute approximate surface area is 115 Å². The number of rotatable bonds is 3. The molecule has 1 aliphatic rings. The molecule has 0 aliphatic heterocycles. The number of hydrogen-bond donors (Lipinski definition) is 1. The van der Waals surface area contributed by atoms with Gasteiger partial charge in [0.2, 0.25) is 0 Å². The summed E-state index contributed by atoms with van der Waals surface area (Å²) in [6, 6.07) is 0.953. The average Bonchev–Trinajstić information content (AvgIpc) is 2.85. The van der Waals surface area contributed by atoms with Gasteiger partial charge in [0.15, 0.2) is 0 Å². The molecule has 1 fully saturated rings. The van der Waals surface area contributed by atoms with Gasteiger partial charge in [-0.25, -0.2) is 8.42 Å². The second-order valence-corrected chi connectivity index (χ2v) is 7.83. The second kappa shape index (κ2) is 4.35. The Morgan fingerprint density at radius 3 is 2.37 bits per heavy atom. The fraction of sp³-hybridized carbons (Fsp3) is 0.444. The molecule has 106 valence electrons. The van der Waals surface area contributed by atoms with Crippen molar-refractivity contribution in [2.45, 2.75) is 28.8 Å². The Bertz CT molecular complexity index is 619. The summed E-state index contributed by atoms with van der Waals surface area (Å²) < 4.78 is 59.6. The number of amides is 1. The smallest absolute Gasteiger partial charge is 0.338 e. The van der Waals surface area contributed by atoms with Gasteiger partial charge in [0.1, 0.15) is 9.75 Å². The highest BCUT2D eigenvalue weighted by Crippen LogP contribution is 2.49. The third-order valence-corrected chi connectivity index (χ3v) is 5.76. The van der Waals surface area contributed by atoms with Gasteiger partial charge in [0.25, 0.3) is 15.0 Å². The van der Waals surface area contributed by atoms with Crippen LogP contribution in [0.2, 0.25) is 0 Å². The summed E-state index contributed by atoms with van der Waals surface area (Å²) in [6.45, 7) is 0. The zero-order valence-electron chi connectivity index (χ0n) is 9.12. The Balaban J connectivity index is 2.16. The maximum atomic E-state index is 12.6. The quantitative estimate of drug-likeness (QED) is 0.864. The molecule has 1 heterocycles. The summed E-state index contributed by atoms with van der Waals surface area (Å²) >= 11 is 0.677. The molecule has 2 rings (SSSR count). The largest absolute Gasteiger partial charge is 0.411 e. The van der Waals surface area contributed by atoms with Gasteiger partial charge in [-0.1, -0.05) is 0 Å². The highest BCUT2D eigenvalue weighted by Gasteiger charge is 2.64. The minimum absolute atomic E-state index is 0.153. The molecule has 4 nitrogen and oxygen atoms in total. The van der Waals surface area contributed by atoms with Crippen molar-refractivity contribution in [2.24, 2.45) is 0 Å². The molecule has 1 aliphatic carbocycles. The highest BCUT2D eigenvalue weighted by molar-refractivity contribution is 8.15. The van der Waals surface area contributed by atoms with Crippen LogP contribution >= 0.6 is 22.0 Å². The third kappa shape index (κ3) is 2.87. The first-order valence-electron chi connectivity index (χ1n) is 4.98. The maximum Gasteiger partial charge on any atom is 0.411 e. The van der Waals surface area contributed by atoms with Crippen LogP contribution in [0.25, 0.3) is 0 Å². The van der Waals surface area contributed by atoms with Gasteiger partial charge in [-0.05, 0) is 18.9 Å². The van der Waals surface area contributed by atoms with Crippen molar-refractivity contribution in [1.82, 2.24) is 5.32 Å². The molecule has 0 saturated heterocycles. The number of carbonyl (C=O) groups excluding carboxylic acids is 1. The number of halogens is 4. The molecule has 0 aromatic carbocycles. The Hall–Kier alpha value is -0.800. The monoisotopic (exact) mass is 333 g/mol. The van der Waals surface area contributed by atoms with E-state index < -0.39 is 26.7 Å². The lowest BCUT2D eigenvalue weighted by molar-refractivity contribution is -0.163. The van der Waals surface area contributed by atoms with Crippen LogP contribution < -0.4 is 5.32 Å². The molecular formula is C9H7ClF3NO3S2. The Kier molecular flexibility index (Phi) is 3.35. The number of hydrogen-bond acceptors (Lipinski definition) is 4. The van der Waals surface area contributed by atoms with E-state index in [0.29, 0.717) is 11.3 Å². The van der Waals surface area contributed by atoms with E-state index in [1.54, 1.807) is 0 Å². The van der Waals surface area contributed by atoms with Crippen LogP contribution in [0.5, 0.6) is 0 Å². The summed E-state index contributed by atoms with van der Waals surface area (Å²) in [5.74, 6) is -0.961. The van der Waals surface area contributed by atoms with Crippen LogP contribution in [-0.4, -0.2) is 26.0 Å². The van der Waals surface area contributed by atoms with Crippen LogP contribution in [0.1, 0.15) is 23.2 Å². The van der Waals surface area contributed by atoms with E-state index in [9.17, 15) is 26.4 Å². The van der Waals surface area contributed by atoms with Gasteiger partial charge in [-0.15, -0.1) is 11.3 Å². The first kappa shape index (κ1) is 14.6. The minimum Gasteiger partial charge on any atom is -0.338 e. The third-order valence-electron chi connectivity index (χ3n) is 2.72. The standard InChI is InChI=1S/C9H7ClF3NO3S2/c10-19(16,17)6-3-5(4-18-6)7(15)14-8(1-2-8)9(11,12)13/h3-4H,1-2H2,(H,14,15). The normalized spacial score (nSPS) is 18.1. The van der Waals surface area contributed by atoms with Crippen molar-refractivity contribution in [1.29, 1.82) is 0 Å². The zero-order valence-corrected chi connectivity index (χ0v) is 11.5. The van der Waals surface area contributed by atoms with Gasteiger partial charge >= 0.3 is 6.18 Å². The van der Waals surface area contributed by atoms with Crippen molar-refractivity contribution in [3.63, 3.8) is 0 Å². The van der Waals surface area contributed by atoms with Gasteiger partial charge in [-0.3, -0.25) is 4.79 Å². The van der Waals surface area contributed by atoms with Crippen molar-refractivity contribution in [3.05, 3.63) is 17.0 Å². The summed E-state index contributed by atoms with van der Waals surface area (Å²) in [4.78, 5) is 11.6. The van der Waals surface area contributed by atoms with Crippen molar-refractivity contribution in [3.8, 4) is 0 Å². The Morgan fingerprint density at radius 2 is 2.00 bits per heavy atom. The van der Waals surface area contributed by atoms with E-state index in [4.69, 9.17) is 10.7 Å². The maximum absolute atomic E-state index is 12.6. The topological polar surface area (TPSA) is 63.2 Å². The molecule has 10 heteroatoms. The van der Waals surface area contributed by atoms with Gasteiger partial charge in [0, 0.05) is 16.1 Å². The second-order valence-electron chi connectivity index (χ2n) is 4.13. The molecule has 1 aromatic rings. The molecule has 1 saturated carbocycles. The molecule has 1 aromatic heterocycles. The molecule has 0 radical (unpaired) electrons. The first-order valence-corrected chi connectivity index (χ1v) is 8.16. The average molecular weight is 334 g/mol. The van der Waals surface area contributed by atoms with Gasteiger partial charge in [-0.2, -0.15) is 13.2 Å². The van der Waals surface area contributed by atoms with Gasteiger partial charge < -0.3 is 5.32 Å². The highest BCUT2D eigenvalue weighted by atomic mass is 35.7. The molecule has 1 amide bonds. The molecular weight excluding hydrogens is 327 g/mol. The first-order chi connectivity index (χ1) is 8.55. The van der Waals surface area contributed by atoms with E-state index in [1.807, 2.05) is 5.32 Å². The lowest BCUT2D eigenvalue weighted by Crippen LogP contribution is -2.47. The molecule has 0 spiro atoms. The van der Waals surface area contributed by atoms with E-state index in [1.165, 1.54) is 0 Å². The number of alkyl halides is 3. The summed E-state index contributed by atoms with van der Waals surface area (Å²) in [5.41, 5.74) is -2.33. The fourth-order valence-electron chi connectivity index (χ4n) is 1.46. The fourth-order valence-corrected chi connectivity index (χ4v) is 3.40. The van der Waals surface area contributed by atoms with E-state index in [2.05, 4.69) is 0 Å². The summed E-state index contributed by atoms with van der Waals surface area (Å²) in [6.07, 6.45) is -4.86. The van der Waals surface area contributed by atoms with Crippen molar-refractivity contribution in [2.75, 3.05) is 0 Å². The summed E-state index contributed by atoms with van der Waals surface area (Å²) in [7, 11) is 1.08. The zero-order chi connectivity index (χ0) is 14.5. The SMILES string of the molecule is O=C(NC1(C(F)(F)F)CC1)c1csc(S(=O)(=O)Cl)c1.